The summed E-state index contributed by atoms with van der Waals surface area (Å²) < 4.78 is 36.3. The molecule has 3 rings (SSSR count). The van der Waals surface area contributed by atoms with Gasteiger partial charge in [-0.05, 0) is 30.3 Å². The van der Waals surface area contributed by atoms with Gasteiger partial charge in [-0.3, -0.25) is 4.79 Å². The van der Waals surface area contributed by atoms with Gasteiger partial charge >= 0.3 is 0 Å². The molecule has 1 aromatic carbocycles. The van der Waals surface area contributed by atoms with E-state index in [-0.39, 0.29) is 23.4 Å². The topological polar surface area (TPSA) is 68.3 Å². The Bertz CT molecular complexity index is 797. The highest BCUT2D eigenvalue weighted by Gasteiger charge is 2.19. The van der Waals surface area contributed by atoms with Gasteiger partial charge < -0.3 is 14.3 Å². The maximum absolute atomic E-state index is 13.3. The molecule has 0 spiro atoms. The second-order valence-corrected chi connectivity index (χ2v) is 4.46. The fraction of sp³-hybridized carbons (Fsp3) is 0.0667. The summed E-state index contributed by atoms with van der Waals surface area (Å²) in [4.78, 5) is 12.1. The summed E-state index contributed by atoms with van der Waals surface area (Å²) in [5.41, 5.74) is 0.345. The summed E-state index contributed by atoms with van der Waals surface area (Å²) in [5, 5.41) is 6.16. The Balaban J connectivity index is 1.81. The van der Waals surface area contributed by atoms with Crippen LogP contribution < -0.4 is 5.32 Å². The molecule has 0 bridgehead atoms. The quantitative estimate of drug-likeness (QED) is 0.804. The molecule has 0 fully saturated rings. The zero-order chi connectivity index (χ0) is 15.5. The van der Waals surface area contributed by atoms with E-state index in [1.54, 1.807) is 12.1 Å². The Morgan fingerprint density at radius 1 is 1.23 bits per heavy atom. The molecule has 0 saturated heterocycles. The molecule has 2 heterocycles. The molecule has 5 nitrogen and oxygen atoms in total. The van der Waals surface area contributed by atoms with Gasteiger partial charge in [0, 0.05) is 5.56 Å². The van der Waals surface area contributed by atoms with Crippen LogP contribution >= 0.6 is 0 Å². The number of nitrogens with zero attached hydrogens (tertiary/aromatic N) is 1. The van der Waals surface area contributed by atoms with E-state index in [1.165, 1.54) is 18.5 Å². The Kier molecular flexibility index (Phi) is 3.69. The normalized spacial score (nSPS) is 10.6. The molecule has 7 heteroatoms. The van der Waals surface area contributed by atoms with Crippen LogP contribution in [0.3, 0.4) is 0 Å². The van der Waals surface area contributed by atoms with Crippen molar-refractivity contribution in [2.45, 2.75) is 6.54 Å². The van der Waals surface area contributed by atoms with Gasteiger partial charge in [0.15, 0.2) is 17.4 Å². The first-order valence-electron chi connectivity index (χ1n) is 6.36. The number of carbonyl (C=O) groups excluding carboxylic acids is 1. The van der Waals surface area contributed by atoms with Gasteiger partial charge in [0.25, 0.3) is 5.91 Å². The van der Waals surface area contributed by atoms with Crippen LogP contribution in [0.1, 0.15) is 16.1 Å². The first kappa shape index (κ1) is 14.0. The molecule has 0 atom stereocenters. The van der Waals surface area contributed by atoms with Crippen molar-refractivity contribution in [3.8, 4) is 11.3 Å². The Morgan fingerprint density at radius 3 is 2.82 bits per heavy atom. The summed E-state index contributed by atoms with van der Waals surface area (Å²) in [5.74, 6) is -1.82. The van der Waals surface area contributed by atoms with E-state index in [2.05, 4.69) is 10.5 Å². The van der Waals surface area contributed by atoms with Crippen molar-refractivity contribution >= 4 is 5.91 Å². The number of carbonyl (C=O) groups is 1. The highest BCUT2D eigenvalue weighted by molar-refractivity contribution is 5.99. The van der Waals surface area contributed by atoms with Gasteiger partial charge in [0.05, 0.1) is 19.0 Å². The molecule has 1 N–H and O–H groups in total. The zero-order valence-electron chi connectivity index (χ0n) is 11.2. The van der Waals surface area contributed by atoms with Gasteiger partial charge in [0.1, 0.15) is 11.3 Å². The first-order valence-corrected chi connectivity index (χ1v) is 6.36. The van der Waals surface area contributed by atoms with Gasteiger partial charge in [-0.1, -0.05) is 5.16 Å². The minimum Gasteiger partial charge on any atom is -0.467 e. The smallest absolute Gasteiger partial charge is 0.257 e. The zero-order valence-corrected chi connectivity index (χ0v) is 11.2. The van der Waals surface area contributed by atoms with Crippen molar-refractivity contribution in [1.82, 2.24) is 10.5 Å². The molecule has 2 aromatic heterocycles. The Labute approximate surface area is 123 Å². The van der Waals surface area contributed by atoms with Crippen LogP contribution in [0.5, 0.6) is 0 Å². The summed E-state index contributed by atoms with van der Waals surface area (Å²) >= 11 is 0. The van der Waals surface area contributed by atoms with E-state index in [0.29, 0.717) is 5.76 Å². The predicted octanol–water partition coefficient (Wildman–Crippen LogP) is 3.14. The fourth-order valence-corrected chi connectivity index (χ4v) is 1.92. The third kappa shape index (κ3) is 2.73. The number of hydrogen-bond acceptors (Lipinski definition) is 4. The molecule has 0 aliphatic rings. The molecule has 0 aliphatic heterocycles. The largest absolute Gasteiger partial charge is 0.467 e. The summed E-state index contributed by atoms with van der Waals surface area (Å²) in [7, 11) is 0. The van der Waals surface area contributed by atoms with Crippen molar-refractivity contribution in [2.75, 3.05) is 0 Å². The van der Waals surface area contributed by atoms with E-state index in [1.807, 2.05) is 0 Å². The van der Waals surface area contributed by atoms with Crippen LogP contribution in [0.15, 0.2) is 51.7 Å². The lowest BCUT2D eigenvalue weighted by molar-refractivity contribution is 0.0948. The van der Waals surface area contributed by atoms with E-state index < -0.39 is 17.5 Å². The van der Waals surface area contributed by atoms with E-state index in [9.17, 15) is 13.6 Å². The van der Waals surface area contributed by atoms with Crippen LogP contribution in [-0.4, -0.2) is 11.1 Å². The maximum Gasteiger partial charge on any atom is 0.257 e. The number of nitrogens with one attached hydrogen (secondary N) is 1. The van der Waals surface area contributed by atoms with Gasteiger partial charge in [-0.25, -0.2) is 8.78 Å². The number of hydrogen-bond donors (Lipinski definition) is 1. The highest BCUT2D eigenvalue weighted by atomic mass is 19.2. The molecule has 0 aliphatic carbocycles. The summed E-state index contributed by atoms with van der Waals surface area (Å²) in [6.07, 6.45) is 2.71. The lowest BCUT2D eigenvalue weighted by atomic mass is 10.1. The number of furan rings is 1. The molecule has 0 saturated carbocycles. The fourth-order valence-electron chi connectivity index (χ4n) is 1.92. The van der Waals surface area contributed by atoms with Gasteiger partial charge in [-0.15, -0.1) is 0 Å². The molecule has 1 amide bonds. The average molecular weight is 304 g/mol. The standard InChI is InChI=1S/C15H10F2N2O3/c16-12-4-3-9(6-13(12)17)14-11(8-19-22-14)15(20)18-7-10-2-1-5-21-10/h1-6,8H,7H2,(H,18,20). The van der Waals surface area contributed by atoms with Gasteiger partial charge in [-0.2, -0.15) is 0 Å². The minimum atomic E-state index is -1.03. The van der Waals surface area contributed by atoms with Crippen molar-refractivity contribution < 1.29 is 22.5 Å². The molecule has 112 valence electrons. The van der Waals surface area contributed by atoms with E-state index in [0.717, 1.165) is 12.1 Å². The van der Waals surface area contributed by atoms with Gasteiger partial charge in [0.2, 0.25) is 0 Å². The number of benzene rings is 1. The van der Waals surface area contributed by atoms with Crippen molar-refractivity contribution in [2.24, 2.45) is 0 Å². The second kappa shape index (κ2) is 5.80. The van der Waals surface area contributed by atoms with E-state index >= 15 is 0 Å². The van der Waals surface area contributed by atoms with E-state index in [4.69, 9.17) is 8.94 Å². The predicted molar refractivity (Wildman–Crippen MR) is 71.7 cm³/mol. The summed E-state index contributed by atoms with van der Waals surface area (Å²) in [6.45, 7) is 0.189. The molecule has 0 unspecified atom stereocenters. The third-order valence-electron chi connectivity index (χ3n) is 3.00. The van der Waals surface area contributed by atoms with Crippen molar-refractivity contribution in [1.29, 1.82) is 0 Å². The second-order valence-electron chi connectivity index (χ2n) is 4.46. The van der Waals surface area contributed by atoms with Crippen LogP contribution in [0, 0.1) is 11.6 Å². The number of aromatic nitrogens is 1. The average Bonchev–Trinajstić information content (AvgIpc) is 3.18. The van der Waals surface area contributed by atoms with Crippen LogP contribution in [-0.2, 0) is 6.54 Å². The third-order valence-corrected chi connectivity index (χ3v) is 3.00. The maximum atomic E-state index is 13.3. The Morgan fingerprint density at radius 2 is 2.09 bits per heavy atom. The number of amides is 1. The summed E-state index contributed by atoms with van der Waals surface area (Å²) in [6, 6.07) is 6.62. The lowest BCUT2D eigenvalue weighted by Crippen LogP contribution is -2.22. The molecule has 22 heavy (non-hydrogen) atoms. The monoisotopic (exact) mass is 304 g/mol. The first-order chi connectivity index (χ1) is 10.6. The van der Waals surface area contributed by atoms with Crippen LogP contribution in [0.4, 0.5) is 8.78 Å². The molecule has 3 aromatic rings. The Hall–Kier alpha value is -2.96. The minimum absolute atomic E-state index is 0.0656. The molecule has 0 radical (unpaired) electrons. The lowest BCUT2D eigenvalue weighted by Gasteiger charge is -2.03. The van der Waals surface area contributed by atoms with Crippen LogP contribution in [0.25, 0.3) is 11.3 Å². The highest BCUT2D eigenvalue weighted by Crippen LogP contribution is 2.25. The SMILES string of the molecule is O=C(NCc1ccco1)c1cnoc1-c1ccc(F)c(F)c1. The number of rotatable bonds is 4. The molecular formula is C15H10F2N2O3. The van der Waals surface area contributed by atoms with Crippen molar-refractivity contribution in [3.05, 3.63) is 65.7 Å². The number of halogens is 2. The van der Waals surface area contributed by atoms with Crippen molar-refractivity contribution in [3.63, 3.8) is 0 Å². The molecular weight excluding hydrogens is 294 g/mol. The van der Waals surface area contributed by atoms with Crippen LogP contribution in [0.2, 0.25) is 0 Å².